The van der Waals surface area contributed by atoms with Crippen LogP contribution in [0.15, 0.2) is 48.4 Å². The summed E-state index contributed by atoms with van der Waals surface area (Å²) in [5, 5.41) is 15.5. The van der Waals surface area contributed by atoms with Crippen LogP contribution in [0.5, 0.6) is 0 Å². The molecule has 0 radical (unpaired) electrons. The molecule has 9 nitrogen and oxygen atoms in total. The molecule has 0 unspecified atom stereocenters. The molecule has 1 aliphatic rings. The lowest BCUT2D eigenvalue weighted by atomic mass is 10.1. The molecule has 31 heavy (non-hydrogen) atoms. The van der Waals surface area contributed by atoms with Crippen LogP contribution in [0.25, 0.3) is 0 Å². The number of amides is 2. The van der Waals surface area contributed by atoms with E-state index in [0.29, 0.717) is 35.3 Å². The van der Waals surface area contributed by atoms with Crippen molar-refractivity contribution in [2.75, 3.05) is 37.8 Å². The Hall–Kier alpha value is -3.64. The number of hydrogen-bond donors (Lipinski definition) is 2. The van der Waals surface area contributed by atoms with Gasteiger partial charge in [0.15, 0.2) is 0 Å². The van der Waals surface area contributed by atoms with E-state index in [1.807, 2.05) is 6.07 Å². The van der Waals surface area contributed by atoms with Crippen LogP contribution in [0.2, 0.25) is 5.02 Å². The van der Waals surface area contributed by atoms with Crippen LogP contribution in [0.4, 0.5) is 11.6 Å². The smallest absolute Gasteiger partial charge is 0.267 e. The Morgan fingerprint density at radius 3 is 2.74 bits per heavy atom. The highest BCUT2D eigenvalue weighted by molar-refractivity contribution is 6.30. The van der Waals surface area contributed by atoms with E-state index in [1.165, 1.54) is 18.6 Å². The maximum atomic E-state index is 12.9. The highest BCUT2D eigenvalue weighted by Gasteiger charge is 2.27. The highest BCUT2D eigenvalue weighted by Crippen LogP contribution is 2.19. The predicted octanol–water partition coefficient (Wildman–Crippen LogP) is 2.36. The van der Waals surface area contributed by atoms with Crippen LogP contribution in [0, 0.1) is 11.3 Å². The molecule has 160 valence electrons. The summed E-state index contributed by atoms with van der Waals surface area (Å²) in [6.07, 6.45) is 5.22. The van der Waals surface area contributed by atoms with Gasteiger partial charge < -0.3 is 20.4 Å². The number of benzene rings is 1. The molecule has 1 aliphatic heterocycles. The fourth-order valence-corrected chi connectivity index (χ4v) is 3.24. The van der Waals surface area contributed by atoms with Crippen molar-refractivity contribution in [3.63, 3.8) is 0 Å². The number of carbonyl (C=O) groups is 2. The molecule has 2 amide bonds. The van der Waals surface area contributed by atoms with Gasteiger partial charge in [-0.2, -0.15) is 5.26 Å². The molecule has 0 aliphatic carbocycles. The monoisotopic (exact) mass is 439 g/mol. The summed E-state index contributed by atoms with van der Waals surface area (Å²) in [5.41, 5.74) is 0.870. The van der Waals surface area contributed by atoms with Gasteiger partial charge in [-0.1, -0.05) is 17.7 Å². The minimum atomic E-state index is -0.533. The molecule has 0 bridgehead atoms. The number of halogens is 1. The number of nitriles is 1. The van der Waals surface area contributed by atoms with Crippen molar-refractivity contribution < 1.29 is 9.59 Å². The zero-order chi connectivity index (χ0) is 22.4. The first-order chi connectivity index (χ1) is 14.9. The Labute approximate surface area is 185 Å². The second-order valence-electron chi connectivity index (χ2n) is 7.26. The largest absolute Gasteiger partial charge is 0.382 e. The second kappa shape index (κ2) is 9.91. The fourth-order valence-electron chi connectivity index (χ4n) is 3.14. The molecule has 0 saturated carbocycles. The number of aromatic nitrogens is 2. The number of nitrogens with one attached hydrogen (secondary N) is 2. The molecule has 10 heteroatoms. The van der Waals surface area contributed by atoms with Crippen molar-refractivity contribution in [3.8, 4) is 6.07 Å². The number of rotatable bonds is 6. The third kappa shape index (κ3) is 5.93. The summed E-state index contributed by atoms with van der Waals surface area (Å²) in [5.74, 6) is -0.205. The van der Waals surface area contributed by atoms with Crippen molar-refractivity contribution in [1.82, 2.24) is 19.8 Å². The van der Waals surface area contributed by atoms with Crippen LogP contribution in [0.3, 0.4) is 0 Å². The minimum Gasteiger partial charge on any atom is -0.382 e. The average molecular weight is 440 g/mol. The van der Waals surface area contributed by atoms with Gasteiger partial charge in [-0.05, 0) is 24.6 Å². The molecule has 0 spiro atoms. The maximum Gasteiger partial charge on any atom is 0.267 e. The molecule has 1 atom stereocenters. The Morgan fingerprint density at radius 2 is 2.06 bits per heavy atom. The summed E-state index contributed by atoms with van der Waals surface area (Å²) in [6, 6.07) is 8.57. The highest BCUT2D eigenvalue weighted by atomic mass is 35.5. The van der Waals surface area contributed by atoms with Crippen molar-refractivity contribution in [3.05, 3.63) is 59.0 Å². The van der Waals surface area contributed by atoms with Crippen molar-refractivity contribution >= 4 is 35.1 Å². The van der Waals surface area contributed by atoms with E-state index in [1.54, 1.807) is 48.2 Å². The lowest BCUT2D eigenvalue weighted by Crippen LogP contribution is -2.32. The first-order valence-electron chi connectivity index (χ1n) is 9.59. The third-order valence-corrected chi connectivity index (χ3v) is 4.74. The van der Waals surface area contributed by atoms with Gasteiger partial charge in [0.1, 0.15) is 11.6 Å². The lowest BCUT2D eigenvalue weighted by Gasteiger charge is -2.18. The standard InChI is InChI=1S/C21H22ClN7O2/c1-28(2)12-15(9-23)19(30)26-17-5-3-4-14(8-17)20(31)29-7-6-18(13-29)27-21-24-10-16(22)11-25-21/h3-5,8,10-12,18H,6-7,13H2,1-2H3,(H,26,30)(H,24,25,27)/t18-/m0/s1. The third-order valence-electron chi connectivity index (χ3n) is 4.55. The topological polar surface area (TPSA) is 114 Å². The van der Waals surface area contributed by atoms with E-state index in [4.69, 9.17) is 16.9 Å². The van der Waals surface area contributed by atoms with Crippen molar-refractivity contribution in [1.29, 1.82) is 5.26 Å². The van der Waals surface area contributed by atoms with Gasteiger partial charge in [0.25, 0.3) is 11.8 Å². The quantitative estimate of drug-likeness (QED) is 0.524. The summed E-state index contributed by atoms with van der Waals surface area (Å²) in [7, 11) is 3.45. The summed E-state index contributed by atoms with van der Waals surface area (Å²) in [6.45, 7) is 1.09. The van der Waals surface area contributed by atoms with E-state index in [9.17, 15) is 9.59 Å². The SMILES string of the molecule is CN(C)C=C(C#N)C(=O)Nc1cccc(C(=O)N2CC[C@H](Nc3ncc(Cl)cn3)C2)c1. The summed E-state index contributed by atoms with van der Waals surface area (Å²) < 4.78 is 0. The predicted molar refractivity (Wildman–Crippen MR) is 117 cm³/mol. The van der Waals surface area contributed by atoms with E-state index < -0.39 is 5.91 Å². The van der Waals surface area contributed by atoms with Crippen LogP contribution < -0.4 is 10.6 Å². The van der Waals surface area contributed by atoms with Gasteiger partial charge in [0.2, 0.25) is 5.95 Å². The number of hydrogen-bond acceptors (Lipinski definition) is 7. The molecule has 3 rings (SSSR count). The molecule has 2 heterocycles. The first kappa shape index (κ1) is 22.1. The van der Waals surface area contributed by atoms with Crippen LogP contribution >= 0.6 is 11.6 Å². The zero-order valence-corrected chi connectivity index (χ0v) is 17.9. The van der Waals surface area contributed by atoms with Gasteiger partial charge >= 0.3 is 0 Å². The fraction of sp³-hybridized carbons (Fsp3) is 0.286. The van der Waals surface area contributed by atoms with Gasteiger partial charge in [-0.25, -0.2) is 9.97 Å². The molecular weight excluding hydrogens is 418 g/mol. The molecule has 2 aromatic rings. The Morgan fingerprint density at radius 1 is 1.32 bits per heavy atom. The van der Waals surface area contributed by atoms with Crippen molar-refractivity contribution in [2.45, 2.75) is 12.5 Å². The minimum absolute atomic E-state index is 0.0281. The van der Waals surface area contributed by atoms with E-state index in [0.717, 1.165) is 6.42 Å². The molecule has 1 aromatic heterocycles. The second-order valence-corrected chi connectivity index (χ2v) is 7.70. The van der Waals surface area contributed by atoms with E-state index in [2.05, 4.69) is 20.6 Å². The normalized spacial score (nSPS) is 15.9. The molecule has 1 saturated heterocycles. The van der Waals surface area contributed by atoms with Gasteiger partial charge in [-0.15, -0.1) is 0 Å². The van der Waals surface area contributed by atoms with Gasteiger partial charge in [-0.3, -0.25) is 9.59 Å². The number of carbonyl (C=O) groups excluding carboxylic acids is 2. The van der Waals surface area contributed by atoms with Gasteiger partial charge in [0, 0.05) is 50.7 Å². The molecule has 1 fully saturated rings. The molecule has 2 N–H and O–H groups in total. The van der Waals surface area contributed by atoms with Crippen LogP contribution in [-0.4, -0.2) is 64.8 Å². The number of likely N-dealkylation sites (tertiary alicyclic amines) is 1. The number of anilines is 2. The van der Waals surface area contributed by atoms with Crippen LogP contribution in [0.1, 0.15) is 16.8 Å². The molecular formula is C21H22ClN7O2. The van der Waals surface area contributed by atoms with E-state index >= 15 is 0 Å². The average Bonchev–Trinajstić information content (AvgIpc) is 3.21. The summed E-state index contributed by atoms with van der Waals surface area (Å²) in [4.78, 5) is 36.8. The number of nitrogens with zero attached hydrogens (tertiary/aromatic N) is 5. The lowest BCUT2D eigenvalue weighted by molar-refractivity contribution is -0.112. The maximum absolute atomic E-state index is 12.9. The zero-order valence-electron chi connectivity index (χ0n) is 17.2. The Bertz CT molecular complexity index is 1030. The Kier molecular flexibility index (Phi) is 7.05. The first-order valence-corrected chi connectivity index (χ1v) is 9.96. The van der Waals surface area contributed by atoms with Crippen LogP contribution in [-0.2, 0) is 4.79 Å². The van der Waals surface area contributed by atoms with E-state index in [-0.39, 0.29) is 17.5 Å². The summed E-state index contributed by atoms with van der Waals surface area (Å²) >= 11 is 5.80. The van der Waals surface area contributed by atoms with Crippen molar-refractivity contribution in [2.24, 2.45) is 0 Å². The molecule has 1 aromatic carbocycles. The van der Waals surface area contributed by atoms with Gasteiger partial charge in [0.05, 0.1) is 17.4 Å². The Balaban J connectivity index is 1.63.